The van der Waals surface area contributed by atoms with E-state index in [9.17, 15) is 4.79 Å². The van der Waals surface area contributed by atoms with Crippen molar-refractivity contribution in [2.75, 3.05) is 27.2 Å². The minimum atomic E-state index is 0. The van der Waals surface area contributed by atoms with Crippen LogP contribution in [0.1, 0.15) is 38.5 Å². The molecule has 4 nitrogen and oxygen atoms in total. The van der Waals surface area contributed by atoms with Gasteiger partial charge in [-0.15, -0.1) is 24.8 Å². The van der Waals surface area contributed by atoms with Crippen LogP contribution in [0.2, 0.25) is 0 Å². The van der Waals surface area contributed by atoms with Crippen LogP contribution >= 0.6 is 24.8 Å². The monoisotopic (exact) mass is 325 g/mol. The van der Waals surface area contributed by atoms with Crippen molar-refractivity contribution >= 4 is 30.7 Å². The molecular weight excluding hydrogens is 297 g/mol. The Morgan fingerprint density at radius 3 is 2.60 bits per heavy atom. The van der Waals surface area contributed by atoms with E-state index in [0.717, 1.165) is 31.8 Å². The highest BCUT2D eigenvalue weighted by Crippen LogP contribution is 2.33. The average Bonchev–Trinajstić information content (AvgIpc) is 2.78. The SMILES string of the molecule is CN(C)CCCNC(=O)C1CC2CCCCC2N1.Cl.Cl. The molecule has 2 N–H and O–H groups in total. The Morgan fingerprint density at radius 2 is 1.95 bits per heavy atom. The summed E-state index contributed by atoms with van der Waals surface area (Å²) in [7, 11) is 4.12. The zero-order chi connectivity index (χ0) is 13.0. The van der Waals surface area contributed by atoms with E-state index in [1.54, 1.807) is 0 Å². The molecule has 2 fully saturated rings. The first kappa shape index (κ1) is 20.0. The van der Waals surface area contributed by atoms with E-state index in [-0.39, 0.29) is 36.8 Å². The van der Waals surface area contributed by atoms with Crippen LogP contribution in [0.15, 0.2) is 0 Å². The lowest BCUT2D eigenvalue weighted by molar-refractivity contribution is -0.122. The second kappa shape index (κ2) is 9.82. The molecule has 0 aromatic heterocycles. The smallest absolute Gasteiger partial charge is 0.237 e. The molecule has 3 unspecified atom stereocenters. The summed E-state index contributed by atoms with van der Waals surface area (Å²) in [6.45, 7) is 1.83. The number of carbonyl (C=O) groups excluding carboxylic acids is 1. The van der Waals surface area contributed by atoms with E-state index in [4.69, 9.17) is 0 Å². The predicted molar refractivity (Wildman–Crippen MR) is 88.0 cm³/mol. The van der Waals surface area contributed by atoms with Crippen LogP contribution in [0.5, 0.6) is 0 Å². The number of hydrogen-bond acceptors (Lipinski definition) is 3. The van der Waals surface area contributed by atoms with Crippen LogP contribution in [0.3, 0.4) is 0 Å². The summed E-state index contributed by atoms with van der Waals surface area (Å²) < 4.78 is 0. The second-order valence-electron chi connectivity index (χ2n) is 6.05. The summed E-state index contributed by atoms with van der Waals surface area (Å²) in [6.07, 6.45) is 7.31. The number of halogens is 2. The summed E-state index contributed by atoms with van der Waals surface area (Å²) in [6, 6.07) is 0.675. The summed E-state index contributed by atoms with van der Waals surface area (Å²) in [5, 5.41) is 6.58. The summed E-state index contributed by atoms with van der Waals surface area (Å²) in [5.41, 5.74) is 0. The van der Waals surface area contributed by atoms with Gasteiger partial charge < -0.3 is 15.5 Å². The molecule has 1 amide bonds. The third-order valence-electron chi connectivity index (χ3n) is 4.26. The van der Waals surface area contributed by atoms with Crippen LogP contribution < -0.4 is 10.6 Å². The third kappa shape index (κ3) is 5.76. The molecule has 1 heterocycles. The molecule has 120 valence electrons. The van der Waals surface area contributed by atoms with Crippen molar-refractivity contribution in [3.05, 3.63) is 0 Å². The van der Waals surface area contributed by atoms with Gasteiger partial charge >= 0.3 is 0 Å². The van der Waals surface area contributed by atoms with Gasteiger partial charge in [0, 0.05) is 12.6 Å². The molecule has 20 heavy (non-hydrogen) atoms. The fourth-order valence-electron chi connectivity index (χ4n) is 3.25. The summed E-state index contributed by atoms with van der Waals surface area (Å²) in [4.78, 5) is 14.2. The highest BCUT2D eigenvalue weighted by atomic mass is 35.5. The minimum absolute atomic E-state index is 0. The van der Waals surface area contributed by atoms with Gasteiger partial charge in [0.2, 0.25) is 5.91 Å². The molecule has 6 heteroatoms. The molecule has 1 aliphatic carbocycles. The lowest BCUT2D eigenvalue weighted by Gasteiger charge is -2.24. The van der Waals surface area contributed by atoms with Crippen molar-refractivity contribution in [2.45, 2.75) is 50.6 Å². The number of carbonyl (C=O) groups is 1. The first-order valence-corrected chi connectivity index (χ1v) is 7.35. The predicted octanol–water partition coefficient (Wildman–Crippen LogP) is 1.82. The van der Waals surface area contributed by atoms with Crippen molar-refractivity contribution in [1.29, 1.82) is 0 Å². The first-order chi connectivity index (χ1) is 8.66. The lowest BCUT2D eigenvalue weighted by Crippen LogP contribution is -2.43. The number of amides is 1. The highest BCUT2D eigenvalue weighted by molar-refractivity contribution is 5.85. The Bertz CT molecular complexity index is 276. The zero-order valence-corrected chi connectivity index (χ0v) is 14.2. The molecule has 0 aromatic rings. The largest absolute Gasteiger partial charge is 0.355 e. The quantitative estimate of drug-likeness (QED) is 0.758. The van der Waals surface area contributed by atoms with E-state index in [1.165, 1.54) is 25.7 Å². The van der Waals surface area contributed by atoms with Gasteiger partial charge in [0.1, 0.15) is 0 Å². The molecule has 0 radical (unpaired) electrons. The Morgan fingerprint density at radius 1 is 1.25 bits per heavy atom. The number of rotatable bonds is 5. The van der Waals surface area contributed by atoms with E-state index in [2.05, 4.69) is 29.6 Å². The normalized spacial score (nSPS) is 28.2. The molecule has 2 rings (SSSR count). The molecule has 0 bridgehead atoms. The molecular formula is C14H29Cl2N3O. The van der Waals surface area contributed by atoms with Gasteiger partial charge in [0.05, 0.1) is 6.04 Å². The molecule has 0 aromatic carbocycles. The van der Waals surface area contributed by atoms with Gasteiger partial charge in [0.25, 0.3) is 0 Å². The number of nitrogens with one attached hydrogen (secondary N) is 2. The maximum absolute atomic E-state index is 12.0. The Hall–Kier alpha value is -0.0300. The van der Waals surface area contributed by atoms with E-state index in [0.29, 0.717) is 6.04 Å². The van der Waals surface area contributed by atoms with Crippen LogP contribution in [-0.2, 0) is 4.79 Å². The van der Waals surface area contributed by atoms with E-state index >= 15 is 0 Å². The molecule has 1 saturated carbocycles. The molecule has 3 atom stereocenters. The maximum Gasteiger partial charge on any atom is 0.237 e. The van der Waals surface area contributed by atoms with E-state index in [1.807, 2.05) is 0 Å². The van der Waals surface area contributed by atoms with Crippen LogP contribution in [-0.4, -0.2) is 50.1 Å². The van der Waals surface area contributed by atoms with Crippen molar-refractivity contribution in [2.24, 2.45) is 5.92 Å². The molecule has 0 spiro atoms. The lowest BCUT2D eigenvalue weighted by atomic mass is 9.85. The molecule has 2 aliphatic rings. The third-order valence-corrected chi connectivity index (χ3v) is 4.26. The second-order valence-corrected chi connectivity index (χ2v) is 6.05. The number of hydrogen-bond donors (Lipinski definition) is 2. The molecule has 1 saturated heterocycles. The zero-order valence-electron chi connectivity index (χ0n) is 12.6. The van der Waals surface area contributed by atoms with Crippen molar-refractivity contribution in [1.82, 2.24) is 15.5 Å². The van der Waals surface area contributed by atoms with Gasteiger partial charge in [-0.05, 0) is 52.2 Å². The number of fused-ring (bicyclic) bond motifs is 1. The highest BCUT2D eigenvalue weighted by Gasteiger charge is 2.37. The molecule has 1 aliphatic heterocycles. The van der Waals surface area contributed by atoms with Gasteiger partial charge in [-0.3, -0.25) is 4.79 Å². The van der Waals surface area contributed by atoms with Crippen molar-refractivity contribution in [3.63, 3.8) is 0 Å². The topological polar surface area (TPSA) is 44.4 Å². The summed E-state index contributed by atoms with van der Waals surface area (Å²) >= 11 is 0. The summed E-state index contributed by atoms with van der Waals surface area (Å²) in [5.74, 6) is 0.958. The van der Waals surface area contributed by atoms with E-state index < -0.39 is 0 Å². The van der Waals surface area contributed by atoms with Crippen LogP contribution in [0.4, 0.5) is 0 Å². The van der Waals surface area contributed by atoms with Gasteiger partial charge in [-0.25, -0.2) is 0 Å². The van der Waals surface area contributed by atoms with Gasteiger partial charge in [0.15, 0.2) is 0 Å². The Kier molecular flexibility index (Phi) is 9.81. The Balaban J connectivity index is 0.00000180. The van der Waals surface area contributed by atoms with Crippen molar-refractivity contribution in [3.8, 4) is 0 Å². The van der Waals surface area contributed by atoms with Crippen LogP contribution in [0, 0.1) is 5.92 Å². The van der Waals surface area contributed by atoms with Crippen LogP contribution in [0.25, 0.3) is 0 Å². The standard InChI is InChI=1S/C14H27N3O.2ClH/c1-17(2)9-5-8-15-14(18)13-10-11-6-3-4-7-12(11)16-13;;/h11-13,16H,3-10H2,1-2H3,(H,15,18);2*1H. The number of nitrogens with zero attached hydrogens (tertiary/aromatic N) is 1. The van der Waals surface area contributed by atoms with Gasteiger partial charge in [-0.2, -0.15) is 0 Å². The fraction of sp³-hybridized carbons (Fsp3) is 0.929. The van der Waals surface area contributed by atoms with Gasteiger partial charge in [-0.1, -0.05) is 12.8 Å². The first-order valence-electron chi connectivity index (χ1n) is 7.35. The van der Waals surface area contributed by atoms with Crippen molar-refractivity contribution < 1.29 is 4.79 Å². The average molecular weight is 326 g/mol. The fourth-order valence-corrected chi connectivity index (χ4v) is 3.25. The Labute approximate surface area is 135 Å². The maximum atomic E-state index is 12.0. The minimum Gasteiger partial charge on any atom is -0.355 e.